The molecule has 3 heterocycles. The number of carbonyl (C=O) groups excluding carboxylic acids is 1. The van der Waals surface area contributed by atoms with E-state index in [0.717, 1.165) is 16.8 Å². The van der Waals surface area contributed by atoms with Crippen molar-refractivity contribution in [2.75, 3.05) is 7.11 Å². The van der Waals surface area contributed by atoms with Gasteiger partial charge in [-0.1, -0.05) is 6.07 Å². The summed E-state index contributed by atoms with van der Waals surface area (Å²) in [5.74, 6) is 0.278. The fraction of sp³-hybridized carbons (Fsp3) is 0.316. The number of hydrogen-bond donors (Lipinski definition) is 1. The Balaban J connectivity index is 1.84. The van der Waals surface area contributed by atoms with Crippen LogP contribution in [-0.4, -0.2) is 32.8 Å². The number of aromatic nitrogens is 4. The first kappa shape index (κ1) is 19.7. The van der Waals surface area contributed by atoms with E-state index in [1.807, 2.05) is 19.9 Å². The van der Waals surface area contributed by atoms with Crippen molar-refractivity contribution < 1.29 is 9.53 Å². The van der Waals surface area contributed by atoms with Crippen molar-refractivity contribution in [3.8, 4) is 16.5 Å². The standard InChI is InChI=1S/C19H21N5O3S/c1-10-11(2)23-24(4)19(26)15(10)18-22-12(3)16(28-18)17(25)21-9-13-6-7-14(27-5)20-8-13/h6-8H,9H2,1-5H3,(H,21,25). The lowest BCUT2D eigenvalue weighted by molar-refractivity contribution is 0.0954. The van der Waals surface area contributed by atoms with E-state index < -0.39 is 0 Å². The lowest BCUT2D eigenvalue weighted by atomic mass is 10.1. The molecule has 0 spiro atoms. The molecule has 3 aromatic heterocycles. The summed E-state index contributed by atoms with van der Waals surface area (Å²) < 4.78 is 6.32. The van der Waals surface area contributed by atoms with Crippen LogP contribution in [0, 0.1) is 20.8 Å². The Labute approximate surface area is 166 Å². The van der Waals surface area contributed by atoms with E-state index in [0.29, 0.717) is 33.6 Å². The molecule has 0 saturated carbocycles. The fourth-order valence-corrected chi connectivity index (χ4v) is 3.79. The summed E-state index contributed by atoms with van der Waals surface area (Å²) in [6.45, 7) is 5.77. The molecule has 0 aliphatic rings. The summed E-state index contributed by atoms with van der Waals surface area (Å²) in [5.41, 5.74) is 3.22. The van der Waals surface area contributed by atoms with Crippen LogP contribution in [0.25, 0.3) is 10.6 Å². The molecular weight excluding hydrogens is 378 g/mol. The van der Waals surface area contributed by atoms with Crippen molar-refractivity contribution in [1.29, 1.82) is 0 Å². The third-order valence-corrected chi connectivity index (χ3v) is 5.58. The summed E-state index contributed by atoms with van der Waals surface area (Å²) in [6, 6.07) is 3.58. The van der Waals surface area contributed by atoms with Crippen LogP contribution in [0.15, 0.2) is 23.1 Å². The second kappa shape index (κ2) is 7.89. The third kappa shape index (κ3) is 3.79. The maximum Gasteiger partial charge on any atom is 0.277 e. The Hall–Kier alpha value is -3.07. The van der Waals surface area contributed by atoms with Gasteiger partial charge in [0.15, 0.2) is 0 Å². The molecule has 0 radical (unpaired) electrons. The maximum absolute atomic E-state index is 12.6. The molecular formula is C19H21N5O3S. The molecule has 3 rings (SSSR count). The first-order chi connectivity index (χ1) is 13.3. The fourth-order valence-electron chi connectivity index (χ4n) is 2.71. The van der Waals surface area contributed by atoms with Crippen molar-refractivity contribution in [1.82, 2.24) is 25.1 Å². The summed E-state index contributed by atoms with van der Waals surface area (Å²) in [7, 11) is 3.16. The number of nitrogens with one attached hydrogen (secondary N) is 1. The molecule has 1 amide bonds. The van der Waals surface area contributed by atoms with Crippen LogP contribution in [-0.2, 0) is 13.6 Å². The second-order valence-electron chi connectivity index (χ2n) is 6.34. The van der Waals surface area contributed by atoms with Crippen LogP contribution in [0.3, 0.4) is 0 Å². The van der Waals surface area contributed by atoms with Gasteiger partial charge in [-0.2, -0.15) is 5.10 Å². The molecule has 0 fully saturated rings. The van der Waals surface area contributed by atoms with E-state index >= 15 is 0 Å². The number of carbonyl (C=O) groups is 1. The zero-order valence-corrected chi connectivity index (χ0v) is 17.2. The normalized spacial score (nSPS) is 10.8. The molecule has 146 valence electrons. The van der Waals surface area contributed by atoms with E-state index in [2.05, 4.69) is 20.4 Å². The molecule has 0 aromatic carbocycles. The summed E-state index contributed by atoms with van der Waals surface area (Å²) in [6.07, 6.45) is 1.65. The number of hydrogen-bond acceptors (Lipinski definition) is 7. The molecule has 8 nitrogen and oxygen atoms in total. The SMILES string of the molecule is COc1ccc(CNC(=O)c2sc(-c3c(C)c(C)nn(C)c3=O)nc2C)cn1. The smallest absolute Gasteiger partial charge is 0.277 e. The summed E-state index contributed by atoms with van der Waals surface area (Å²) in [4.78, 5) is 34.2. The lowest BCUT2D eigenvalue weighted by Gasteiger charge is -2.07. The average molecular weight is 399 g/mol. The highest BCUT2D eigenvalue weighted by molar-refractivity contribution is 7.17. The molecule has 0 unspecified atom stereocenters. The highest BCUT2D eigenvalue weighted by atomic mass is 32.1. The molecule has 0 aliphatic carbocycles. The topological polar surface area (TPSA) is 99.0 Å². The van der Waals surface area contributed by atoms with Crippen molar-refractivity contribution in [2.24, 2.45) is 7.05 Å². The van der Waals surface area contributed by atoms with Gasteiger partial charge in [-0.15, -0.1) is 11.3 Å². The Morgan fingerprint density at radius 1 is 1.25 bits per heavy atom. The van der Waals surface area contributed by atoms with Gasteiger partial charge in [0.2, 0.25) is 5.88 Å². The van der Waals surface area contributed by atoms with Gasteiger partial charge in [0, 0.05) is 25.9 Å². The van der Waals surface area contributed by atoms with Crippen molar-refractivity contribution in [3.05, 3.63) is 56.1 Å². The van der Waals surface area contributed by atoms with E-state index in [9.17, 15) is 9.59 Å². The van der Waals surface area contributed by atoms with Gasteiger partial charge in [-0.25, -0.2) is 14.6 Å². The van der Waals surface area contributed by atoms with Crippen LogP contribution in [0.5, 0.6) is 5.88 Å². The van der Waals surface area contributed by atoms with Gasteiger partial charge in [-0.05, 0) is 31.9 Å². The predicted octanol–water partition coefficient (Wildman–Crippen LogP) is 2.16. The van der Waals surface area contributed by atoms with E-state index in [1.54, 1.807) is 33.3 Å². The molecule has 0 saturated heterocycles. The molecule has 28 heavy (non-hydrogen) atoms. The molecule has 0 bridgehead atoms. The molecule has 0 atom stereocenters. The minimum atomic E-state index is -0.239. The Morgan fingerprint density at radius 3 is 2.64 bits per heavy atom. The van der Waals surface area contributed by atoms with Crippen LogP contribution < -0.4 is 15.6 Å². The number of rotatable bonds is 5. The van der Waals surface area contributed by atoms with E-state index in [4.69, 9.17) is 4.74 Å². The number of nitrogens with zero attached hydrogens (tertiary/aromatic N) is 4. The van der Waals surface area contributed by atoms with Gasteiger partial charge in [-0.3, -0.25) is 9.59 Å². The summed E-state index contributed by atoms with van der Waals surface area (Å²) >= 11 is 1.21. The number of ether oxygens (including phenoxy) is 1. The lowest BCUT2D eigenvalue weighted by Crippen LogP contribution is -2.23. The minimum absolute atomic E-state index is 0.229. The number of aryl methyl sites for hydroxylation is 3. The zero-order chi connectivity index (χ0) is 20.4. The molecule has 1 N–H and O–H groups in total. The van der Waals surface area contributed by atoms with Crippen molar-refractivity contribution >= 4 is 17.2 Å². The first-order valence-corrected chi connectivity index (χ1v) is 9.43. The second-order valence-corrected chi connectivity index (χ2v) is 7.34. The molecule has 9 heteroatoms. The van der Waals surface area contributed by atoms with Crippen LogP contribution >= 0.6 is 11.3 Å². The quantitative estimate of drug-likeness (QED) is 0.706. The first-order valence-electron chi connectivity index (χ1n) is 8.61. The summed E-state index contributed by atoms with van der Waals surface area (Å²) in [5, 5.41) is 7.58. The minimum Gasteiger partial charge on any atom is -0.481 e. The zero-order valence-electron chi connectivity index (χ0n) is 16.4. The Morgan fingerprint density at radius 2 is 2.00 bits per heavy atom. The third-order valence-electron chi connectivity index (χ3n) is 4.40. The van der Waals surface area contributed by atoms with Gasteiger partial charge in [0.05, 0.1) is 24.1 Å². The van der Waals surface area contributed by atoms with Gasteiger partial charge in [0.1, 0.15) is 9.88 Å². The predicted molar refractivity (Wildman–Crippen MR) is 107 cm³/mol. The molecule has 3 aromatic rings. The number of thiazole rings is 1. The van der Waals surface area contributed by atoms with E-state index in [-0.39, 0.29) is 11.5 Å². The largest absolute Gasteiger partial charge is 0.481 e. The number of amides is 1. The Kier molecular flexibility index (Phi) is 5.55. The molecule has 0 aliphatic heterocycles. The maximum atomic E-state index is 12.6. The van der Waals surface area contributed by atoms with Gasteiger partial charge >= 0.3 is 0 Å². The van der Waals surface area contributed by atoms with Crippen molar-refractivity contribution in [3.63, 3.8) is 0 Å². The highest BCUT2D eigenvalue weighted by Crippen LogP contribution is 2.28. The van der Waals surface area contributed by atoms with Gasteiger partial charge in [0.25, 0.3) is 11.5 Å². The average Bonchev–Trinajstić information content (AvgIpc) is 3.06. The van der Waals surface area contributed by atoms with E-state index in [1.165, 1.54) is 16.0 Å². The van der Waals surface area contributed by atoms with Gasteiger partial charge < -0.3 is 10.1 Å². The van der Waals surface area contributed by atoms with Crippen LogP contribution in [0.4, 0.5) is 0 Å². The van der Waals surface area contributed by atoms with Crippen molar-refractivity contribution in [2.45, 2.75) is 27.3 Å². The number of methoxy groups -OCH3 is 1. The van der Waals surface area contributed by atoms with Crippen LogP contribution in [0.1, 0.15) is 32.2 Å². The number of pyridine rings is 1. The van der Waals surface area contributed by atoms with Crippen LogP contribution in [0.2, 0.25) is 0 Å². The highest BCUT2D eigenvalue weighted by Gasteiger charge is 2.21. The monoisotopic (exact) mass is 399 g/mol. The Bertz CT molecular complexity index is 1090.